The number of carbonyl (C=O) groups is 1. The zero-order chi connectivity index (χ0) is 16.7. The van der Waals surface area contributed by atoms with Crippen molar-refractivity contribution < 1.29 is 9.53 Å². The van der Waals surface area contributed by atoms with E-state index in [9.17, 15) is 4.79 Å². The fourth-order valence-electron chi connectivity index (χ4n) is 2.10. The molecule has 0 aliphatic carbocycles. The number of nitrogens with zero attached hydrogens (tertiary/aromatic N) is 2. The van der Waals surface area contributed by atoms with Crippen molar-refractivity contribution in [3.63, 3.8) is 0 Å². The Kier molecular flexibility index (Phi) is 6.35. The monoisotopic (exact) mass is 315 g/mol. The maximum atomic E-state index is 12.0. The SMILES string of the molecule is CC(C)CO[C@@H](C)C(=O)NCc1ccc(Cn2ccnc2)cc1. The largest absolute Gasteiger partial charge is 0.368 e. The third kappa shape index (κ3) is 5.87. The number of rotatable bonds is 8. The van der Waals surface area contributed by atoms with Crippen LogP contribution in [0, 0.1) is 5.92 Å². The summed E-state index contributed by atoms with van der Waals surface area (Å²) in [6, 6.07) is 8.21. The third-order valence-electron chi connectivity index (χ3n) is 3.46. The van der Waals surface area contributed by atoms with E-state index in [4.69, 9.17) is 4.74 Å². The van der Waals surface area contributed by atoms with E-state index in [0.29, 0.717) is 19.1 Å². The molecule has 0 saturated carbocycles. The van der Waals surface area contributed by atoms with Gasteiger partial charge in [0.2, 0.25) is 5.91 Å². The molecule has 5 nitrogen and oxygen atoms in total. The predicted octanol–water partition coefficient (Wildman–Crippen LogP) is 2.61. The van der Waals surface area contributed by atoms with Crippen LogP contribution in [0.5, 0.6) is 0 Å². The van der Waals surface area contributed by atoms with Crippen LogP contribution in [0.25, 0.3) is 0 Å². The molecule has 2 rings (SSSR count). The highest BCUT2D eigenvalue weighted by molar-refractivity contribution is 5.80. The molecule has 0 radical (unpaired) electrons. The molecule has 124 valence electrons. The molecular weight excluding hydrogens is 290 g/mol. The fraction of sp³-hybridized carbons (Fsp3) is 0.444. The minimum absolute atomic E-state index is 0.0758. The Morgan fingerprint density at radius 2 is 1.91 bits per heavy atom. The molecule has 0 saturated heterocycles. The van der Waals surface area contributed by atoms with E-state index >= 15 is 0 Å². The summed E-state index contributed by atoms with van der Waals surface area (Å²) in [5.41, 5.74) is 2.27. The lowest BCUT2D eigenvalue weighted by atomic mass is 10.1. The molecule has 0 fully saturated rings. The molecular formula is C18H25N3O2. The van der Waals surface area contributed by atoms with E-state index in [1.807, 2.05) is 22.9 Å². The summed E-state index contributed by atoms with van der Waals surface area (Å²) in [6.07, 6.45) is 5.09. The number of imidazole rings is 1. The molecule has 1 amide bonds. The number of amides is 1. The van der Waals surface area contributed by atoms with Gasteiger partial charge in [-0.05, 0) is 24.0 Å². The lowest BCUT2D eigenvalue weighted by Crippen LogP contribution is -2.34. The van der Waals surface area contributed by atoms with Gasteiger partial charge in [0.1, 0.15) is 6.10 Å². The van der Waals surface area contributed by atoms with Crippen molar-refractivity contribution in [3.8, 4) is 0 Å². The smallest absolute Gasteiger partial charge is 0.249 e. The van der Waals surface area contributed by atoms with Crippen molar-refractivity contribution in [1.82, 2.24) is 14.9 Å². The highest BCUT2D eigenvalue weighted by Gasteiger charge is 2.13. The Hall–Kier alpha value is -2.14. The number of aromatic nitrogens is 2. The van der Waals surface area contributed by atoms with Gasteiger partial charge >= 0.3 is 0 Å². The van der Waals surface area contributed by atoms with Crippen LogP contribution in [-0.4, -0.2) is 28.2 Å². The molecule has 2 aromatic rings. The van der Waals surface area contributed by atoms with Gasteiger partial charge in [0, 0.05) is 32.1 Å². The summed E-state index contributed by atoms with van der Waals surface area (Å²) >= 11 is 0. The van der Waals surface area contributed by atoms with Crippen molar-refractivity contribution in [1.29, 1.82) is 0 Å². The fourth-order valence-corrected chi connectivity index (χ4v) is 2.10. The van der Waals surface area contributed by atoms with Gasteiger partial charge in [-0.2, -0.15) is 0 Å². The van der Waals surface area contributed by atoms with Gasteiger partial charge in [-0.3, -0.25) is 4.79 Å². The van der Waals surface area contributed by atoms with Crippen molar-refractivity contribution in [3.05, 3.63) is 54.1 Å². The average molecular weight is 315 g/mol. The normalized spacial score (nSPS) is 12.3. The van der Waals surface area contributed by atoms with Crippen LogP contribution in [0.3, 0.4) is 0 Å². The van der Waals surface area contributed by atoms with Crippen LogP contribution in [0.2, 0.25) is 0 Å². The molecule has 1 atom stereocenters. The summed E-state index contributed by atoms with van der Waals surface area (Å²) in [5.74, 6) is 0.349. The second kappa shape index (κ2) is 8.48. The zero-order valence-corrected chi connectivity index (χ0v) is 14.0. The third-order valence-corrected chi connectivity index (χ3v) is 3.46. The van der Waals surface area contributed by atoms with Gasteiger partial charge in [0.25, 0.3) is 0 Å². The molecule has 0 aliphatic heterocycles. The summed E-state index contributed by atoms with van der Waals surface area (Å²) in [5, 5.41) is 2.91. The molecule has 0 spiro atoms. The first-order valence-corrected chi connectivity index (χ1v) is 7.97. The van der Waals surface area contributed by atoms with Crippen molar-refractivity contribution in [2.45, 2.75) is 40.0 Å². The van der Waals surface area contributed by atoms with Crippen LogP contribution in [0.4, 0.5) is 0 Å². The standard InChI is InChI=1S/C18H25N3O2/c1-14(2)12-23-15(3)18(22)20-10-16-4-6-17(7-5-16)11-21-9-8-19-13-21/h4-9,13-15H,10-12H2,1-3H3,(H,20,22)/t15-/m0/s1. The van der Waals surface area contributed by atoms with E-state index < -0.39 is 6.10 Å². The first-order valence-electron chi connectivity index (χ1n) is 7.97. The van der Waals surface area contributed by atoms with E-state index in [0.717, 1.165) is 12.1 Å². The number of hydrogen-bond donors (Lipinski definition) is 1. The number of nitrogens with one attached hydrogen (secondary N) is 1. The quantitative estimate of drug-likeness (QED) is 0.814. The highest BCUT2D eigenvalue weighted by atomic mass is 16.5. The molecule has 0 unspecified atom stereocenters. The van der Waals surface area contributed by atoms with E-state index in [-0.39, 0.29) is 5.91 Å². The summed E-state index contributed by atoms with van der Waals surface area (Å²) < 4.78 is 7.53. The molecule has 0 aliphatic rings. The Morgan fingerprint density at radius 3 is 2.52 bits per heavy atom. The van der Waals surface area contributed by atoms with Gasteiger partial charge in [-0.25, -0.2) is 4.98 Å². The van der Waals surface area contributed by atoms with Crippen LogP contribution in [0.15, 0.2) is 43.0 Å². The van der Waals surface area contributed by atoms with Gasteiger partial charge in [0.05, 0.1) is 6.33 Å². The van der Waals surface area contributed by atoms with E-state index in [1.165, 1.54) is 5.56 Å². The number of benzene rings is 1. The molecule has 23 heavy (non-hydrogen) atoms. The number of carbonyl (C=O) groups excluding carboxylic acids is 1. The second-order valence-electron chi connectivity index (χ2n) is 6.14. The molecule has 1 aromatic heterocycles. The van der Waals surface area contributed by atoms with E-state index in [1.54, 1.807) is 19.4 Å². The van der Waals surface area contributed by atoms with Crippen molar-refractivity contribution in [2.24, 2.45) is 5.92 Å². The maximum absolute atomic E-state index is 12.0. The lowest BCUT2D eigenvalue weighted by Gasteiger charge is -2.15. The Labute approximate surface area is 137 Å². The second-order valence-corrected chi connectivity index (χ2v) is 6.14. The van der Waals surface area contributed by atoms with Crippen molar-refractivity contribution in [2.75, 3.05) is 6.61 Å². The minimum atomic E-state index is -0.419. The zero-order valence-electron chi connectivity index (χ0n) is 14.0. The summed E-state index contributed by atoms with van der Waals surface area (Å²) in [6.45, 7) is 7.82. The lowest BCUT2D eigenvalue weighted by molar-refractivity contribution is -0.132. The van der Waals surface area contributed by atoms with Gasteiger partial charge in [-0.1, -0.05) is 38.1 Å². The topological polar surface area (TPSA) is 56.1 Å². The van der Waals surface area contributed by atoms with Crippen LogP contribution < -0.4 is 5.32 Å². The summed E-state index contributed by atoms with van der Waals surface area (Å²) in [4.78, 5) is 16.0. The number of ether oxygens (including phenoxy) is 1. The first-order chi connectivity index (χ1) is 11.0. The minimum Gasteiger partial charge on any atom is -0.368 e. The molecule has 5 heteroatoms. The van der Waals surface area contributed by atoms with Crippen LogP contribution in [0.1, 0.15) is 31.9 Å². The maximum Gasteiger partial charge on any atom is 0.249 e. The Morgan fingerprint density at radius 1 is 1.22 bits per heavy atom. The first kappa shape index (κ1) is 17.2. The van der Waals surface area contributed by atoms with Gasteiger partial charge < -0.3 is 14.6 Å². The number of hydrogen-bond acceptors (Lipinski definition) is 3. The molecule has 1 N–H and O–H groups in total. The van der Waals surface area contributed by atoms with Crippen molar-refractivity contribution >= 4 is 5.91 Å². The highest BCUT2D eigenvalue weighted by Crippen LogP contribution is 2.07. The Balaban J connectivity index is 1.78. The molecule has 0 bridgehead atoms. The van der Waals surface area contributed by atoms with Gasteiger partial charge in [0.15, 0.2) is 0 Å². The average Bonchev–Trinajstić information content (AvgIpc) is 3.04. The summed E-state index contributed by atoms with van der Waals surface area (Å²) in [7, 11) is 0. The van der Waals surface area contributed by atoms with Gasteiger partial charge in [-0.15, -0.1) is 0 Å². The van der Waals surface area contributed by atoms with Crippen LogP contribution >= 0.6 is 0 Å². The predicted molar refractivity (Wildman–Crippen MR) is 89.9 cm³/mol. The Bertz CT molecular complexity index is 591. The molecule has 1 heterocycles. The molecule has 1 aromatic carbocycles. The van der Waals surface area contributed by atoms with E-state index in [2.05, 4.69) is 36.3 Å². The van der Waals surface area contributed by atoms with Crippen LogP contribution in [-0.2, 0) is 22.6 Å².